The Labute approximate surface area is 143 Å². The van der Waals surface area contributed by atoms with E-state index >= 15 is 0 Å². The lowest BCUT2D eigenvalue weighted by atomic mass is 10.1. The number of carbonyl (C=O) groups excluding carboxylic acids is 1. The van der Waals surface area contributed by atoms with Gasteiger partial charge in [-0.1, -0.05) is 5.21 Å². The van der Waals surface area contributed by atoms with Crippen molar-refractivity contribution in [1.82, 2.24) is 20.3 Å². The number of aliphatic carboxylic acids is 1. The molecule has 1 amide bonds. The highest BCUT2D eigenvalue weighted by atomic mass is 16.5. The van der Waals surface area contributed by atoms with E-state index in [1.165, 1.54) is 32.2 Å². The topological polar surface area (TPSA) is 125 Å². The largest absolute Gasteiger partial charge is 0.493 e. The van der Waals surface area contributed by atoms with Crippen LogP contribution in [0.4, 0.5) is 0 Å². The second kappa shape index (κ2) is 7.99. The van der Waals surface area contributed by atoms with Crippen LogP contribution in [0.1, 0.15) is 16.1 Å². The summed E-state index contributed by atoms with van der Waals surface area (Å²) >= 11 is 0. The molecule has 0 fully saturated rings. The van der Waals surface area contributed by atoms with Crippen LogP contribution in [0.5, 0.6) is 17.2 Å². The first-order chi connectivity index (χ1) is 12.0. The van der Waals surface area contributed by atoms with E-state index in [0.717, 1.165) is 0 Å². The number of amides is 1. The molecular formula is C15H18N4O6. The van der Waals surface area contributed by atoms with E-state index in [-0.39, 0.29) is 24.4 Å². The van der Waals surface area contributed by atoms with Gasteiger partial charge in [-0.2, -0.15) is 0 Å². The van der Waals surface area contributed by atoms with E-state index in [4.69, 9.17) is 19.3 Å². The van der Waals surface area contributed by atoms with Crippen LogP contribution in [0.25, 0.3) is 0 Å². The van der Waals surface area contributed by atoms with Gasteiger partial charge in [0.25, 0.3) is 5.91 Å². The SMILES string of the molecule is COc1ccc(C(=O)NCc2cn(CC(=O)O)nn2)c(OC)c1OC. The quantitative estimate of drug-likeness (QED) is 0.697. The lowest BCUT2D eigenvalue weighted by Gasteiger charge is -2.15. The van der Waals surface area contributed by atoms with E-state index in [9.17, 15) is 9.59 Å². The van der Waals surface area contributed by atoms with Crippen molar-refractivity contribution < 1.29 is 28.9 Å². The second-order valence-corrected chi connectivity index (χ2v) is 4.87. The third-order valence-corrected chi connectivity index (χ3v) is 3.26. The van der Waals surface area contributed by atoms with E-state index in [0.29, 0.717) is 17.2 Å². The molecule has 1 aromatic heterocycles. The summed E-state index contributed by atoms with van der Waals surface area (Å²) in [4.78, 5) is 23.0. The van der Waals surface area contributed by atoms with Crippen molar-refractivity contribution in [3.8, 4) is 17.2 Å². The van der Waals surface area contributed by atoms with Gasteiger partial charge < -0.3 is 24.6 Å². The zero-order valence-electron chi connectivity index (χ0n) is 14.0. The molecule has 0 atom stereocenters. The summed E-state index contributed by atoms with van der Waals surface area (Å²) in [6.07, 6.45) is 1.44. The van der Waals surface area contributed by atoms with E-state index in [1.54, 1.807) is 12.1 Å². The average Bonchev–Trinajstić information content (AvgIpc) is 3.04. The minimum Gasteiger partial charge on any atom is -0.493 e. The van der Waals surface area contributed by atoms with Gasteiger partial charge in [-0.25, -0.2) is 4.68 Å². The molecular weight excluding hydrogens is 332 g/mol. The monoisotopic (exact) mass is 350 g/mol. The Morgan fingerprint density at radius 3 is 2.48 bits per heavy atom. The predicted octanol–water partition coefficient (Wildman–Crippen LogP) is 0.319. The number of rotatable bonds is 8. The summed E-state index contributed by atoms with van der Waals surface area (Å²) in [7, 11) is 4.35. The van der Waals surface area contributed by atoms with Crippen molar-refractivity contribution in [2.75, 3.05) is 21.3 Å². The number of aromatic nitrogens is 3. The molecule has 0 unspecified atom stereocenters. The molecule has 1 heterocycles. The van der Waals surface area contributed by atoms with Crippen LogP contribution >= 0.6 is 0 Å². The number of carboxylic acids is 1. The summed E-state index contributed by atoms with van der Waals surface area (Å²) in [6, 6.07) is 3.15. The van der Waals surface area contributed by atoms with E-state index < -0.39 is 11.9 Å². The van der Waals surface area contributed by atoms with Gasteiger partial charge in [-0.05, 0) is 12.1 Å². The van der Waals surface area contributed by atoms with Gasteiger partial charge in [0.1, 0.15) is 12.2 Å². The van der Waals surface area contributed by atoms with Crippen LogP contribution in [0.15, 0.2) is 18.3 Å². The maximum atomic E-state index is 12.4. The van der Waals surface area contributed by atoms with Crippen LogP contribution in [-0.2, 0) is 17.9 Å². The minimum atomic E-state index is -1.03. The number of benzene rings is 1. The summed E-state index contributed by atoms with van der Waals surface area (Å²) < 4.78 is 16.8. The van der Waals surface area contributed by atoms with Crippen molar-refractivity contribution in [1.29, 1.82) is 0 Å². The minimum absolute atomic E-state index is 0.0793. The number of nitrogens with one attached hydrogen (secondary N) is 1. The van der Waals surface area contributed by atoms with Gasteiger partial charge in [-0.3, -0.25) is 9.59 Å². The Morgan fingerprint density at radius 1 is 1.16 bits per heavy atom. The molecule has 2 N–H and O–H groups in total. The number of methoxy groups -OCH3 is 3. The fourth-order valence-corrected chi connectivity index (χ4v) is 2.18. The molecule has 2 aromatic rings. The number of hydrogen-bond acceptors (Lipinski definition) is 7. The van der Waals surface area contributed by atoms with Crippen LogP contribution in [0, 0.1) is 0 Å². The van der Waals surface area contributed by atoms with Crippen LogP contribution in [0.2, 0.25) is 0 Å². The number of ether oxygens (including phenoxy) is 3. The number of carbonyl (C=O) groups is 2. The number of hydrogen-bond donors (Lipinski definition) is 2. The number of nitrogens with zero attached hydrogens (tertiary/aromatic N) is 3. The molecule has 0 radical (unpaired) electrons. The molecule has 0 saturated heterocycles. The van der Waals surface area contributed by atoms with Gasteiger partial charge in [0, 0.05) is 0 Å². The van der Waals surface area contributed by atoms with Gasteiger partial charge in [0.2, 0.25) is 5.75 Å². The lowest BCUT2D eigenvalue weighted by molar-refractivity contribution is -0.137. The number of carboxylic acid groups (broad SMARTS) is 1. The fourth-order valence-electron chi connectivity index (χ4n) is 2.18. The molecule has 0 spiro atoms. The third-order valence-electron chi connectivity index (χ3n) is 3.26. The highest BCUT2D eigenvalue weighted by molar-refractivity contribution is 5.98. The van der Waals surface area contributed by atoms with E-state index in [1.807, 2.05) is 0 Å². The van der Waals surface area contributed by atoms with Crippen molar-refractivity contribution in [2.45, 2.75) is 13.1 Å². The Hall–Kier alpha value is -3.30. The third kappa shape index (κ3) is 4.16. The second-order valence-electron chi connectivity index (χ2n) is 4.87. The highest BCUT2D eigenvalue weighted by Gasteiger charge is 2.20. The summed E-state index contributed by atoms with van der Waals surface area (Å²) in [5, 5.41) is 18.8. The first kappa shape index (κ1) is 18.0. The fraction of sp³-hybridized carbons (Fsp3) is 0.333. The van der Waals surface area contributed by atoms with Crippen molar-refractivity contribution in [3.63, 3.8) is 0 Å². The van der Waals surface area contributed by atoms with Crippen molar-refractivity contribution >= 4 is 11.9 Å². The van der Waals surface area contributed by atoms with Gasteiger partial charge in [0.15, 0.2) is 11.5 Å². The van der Waals surface area contributed by atoms with Crippen molar-refractivity contribution in [3.05, 3.63) is 29.6 Å². The molecule has 0 aliphatic heterocycles. The molecule has 0 aliphatic rings. The van der Waals surface area contributed by atoms with Crippen LogP contribution in [-0.4, -0.2) is 53.3 Å². The molecule has 25 heavy (non-hydrogen) atoms. The molecule has 134 valence electrons. The first-order valence-electron chi connectivity index (χ1n) is 7.18. The zero-order chi connectivity index (χ0) is 18.4. The molecule has 0 saturated carbocycles. The zero-order valence-corrected chi connectivity index (χ0v) is 14.0. The maximum Gasteiger partial charge on any atom is 0.325 e. The Kier molecular flexibility index (Phi) is 5.77. The molecule has 0 aliphatic carbocycles. The molecule has 2 rings (SSSR count). The summed E-state index contributed by atoms with van der Waals surface area (Å²) in [5.41, 5.74) is 0.687. The normalized spacial score (nSPS) is 10.2. The van der Waals surface area contributed by atoms with Crippen LogP contribution in [0.3, 0.4) is 0 Å². The predicted molar refractivity (Wildman–Crippen MR) is 84.9 cm³/mol. The Bertz CT molecular complexity index is 773. The molecule has 10 nitrogen and oxygen atoms in total. The average molecular weight is 350 g/mol. The molecule has 0 bridgehead atoms. The van der Waals surface area contributed by atoms with Gasteiger partial charge in [0.05, 0.1) is 39.6 Å². The highest BCUT2D eigenvalue weighted by Crippen LogP contribution is 2.39. The lowest BCUT2D eigenvalue weighted by Crippen LogP contribution is -2.23. The smallest absolute Gasteiger partial charge is 0.325 e. The molecule has 1 aromatic carbocycles. The standard InChI is InChI=1S/C15H18N4O6/c1-23-11-5-4-10(13(24-2)14(11)25-3)15(22)16-6-9-7-19(18-17-9)8-12(20)21/h4-5,7H,6,8H2,1-3H3,(H,16,22)(H,20,21). The van der Waals surface area contributed by atoms with E-state index in [2.05, 4.69) is 15.6 Å². The van der Waals surface area contributed by atoms with Gasteiger partial charge >= 0.3 is 5.97 Å². The summed E-state index contributed by atoms with van der Waals surface area (Å²) in [5.74, 6) is -0.451. The van der Waals surface area contributed by atoms with Gasteiger partial charge in [-0.15, -0.1) is 5.10 Å². The van der Waals surface area contributed by atoms with Crippen LogP contribution < -0.4 is 19.5 Å². The first-order valence-corrected chi connectivity index (χ1v) is 7.18. The summed E-state index contributed by atoms with van der Waals surface area (Å²) in [6.45, 7) is -0.222. The molecule has 10 heteroatoms. The van der Waals surface area contributed by atoms with Crippen molar-refractivity contribution in [2.24, 2.45) is 0 Å². The maximum absolute atomic E-state index is 12.4. The Balaban J connectivity index is 2.13. The Morgan fingerprint density at radius 2 is 1.88 bits per heavy atom.